The second-order valence-corrected chi connectivity index (χ2v) is 2.15. The van der Waals surface area contributed by atoms with Gasteiger partial charge in [-0.05, 0) is 11.6 Å². The number of benzene rings is 1. The first kappa shape index (κ1) is 6.87. The fraction of sp³-hybridized carbons (Fsp3) is 0.111. The first-order valence-electron chi connectivity index (χ1n) is 3.11. The Kier molecular flexibility index (Phi) is 2.11. The standard InChI is InChI=1S/C9H9O/c1-8(10)7-9-5-3-2-4-6-9/h3-6,10H,1,7H2. The van der Waals surface area contributed by atoms with Crippen molar-refractivity contribution in [1.82, 2.24) is 0 Å². The monoisotopic (exact) mass is 133 g/mol. The highest BCUT2D eigenvalue weighted by Gasteiger charge is 1.90. The fourth-order valence-corrected chi connectivity index (χ4v) is 0.775. The molecule has 0 aliphatic heterocycles. The van der Waals surface area contributed by atoms with Gasteiger partial charge in [0, 0.05) is 6.42 Å². The quantitative estimate of drug-likeness (QED) is 0.612. The van der Waals surface area contributed by atoms with Crippen LogP contribution >= 0.6 is 0 Å². The predicted molar refractivity (Wildman–Crippen MR) is 40.8 cm³/mol. The summed E-state index contributed by atoms with van der Waals surface area (Å²) in [6.45, 7) is 3.40. The molecule has 0 aliphatic carbocycles. The van der Waals surface area contributed by atoms with Crippen LogP contribution in [0, 0.1) is 6.07 Å². The molecule has 51 valence electrons. The summed E-state index contributed by atoms with van der Waals surface area (Å²) in [5.41, 5.74) is 1.06. The largest absolute Gasteiger partial charge is 0.513 e. The van der Waals surface area contributed by atoms with E-state index in [1.807, 2.05) is 24.3 Å². The molecule has 0 heterocycles. The molecule has 0 unspecified atom stereocenters. The normalized spacial score (nSPS) is 9.20. The highest BCUT2D eigenvalue weighted by Crippen LogP contribution is 2.02. The molecule has 0 aliphatic rings. The number of rotatable bonds is 2. The number of aliphatic hydroxyl groups excluding tert-OH is 1. The van der Waals surface area contributed by atoms with Crippen LogP contribution in [0.2, 0.25) is 0 Å². The molecule has 0 saturated carbocycles. The third-order valence-electron chi connectivity index (χ3n) is 1.20. The second-order valence-electron chi connectivity index (χ2n) is 2.15. The van der Waals surface area contributed by atoms with Gasteiger partial charge >= 0.3 is 0 Å². The number of hydrogen-bond acceptors (Lipinski definition) is 1. The number of allylic oxidation sites excluding steroid dienone is 1. The summed E-state index contributed by atoms with van der Waals surface area (Å²) in [6, 6.07) is 10.3. The zero-order chi connectivity index (χ0) is 7.40. The van der Waals surface area contributed by atoms with E-state index in [2.05, 4.69) is 12.6 Å². The van der Waals surface area contributed by atoms with E-state index < -0.39 is 0 Å². The summed E-state index contributed by atoms with van der Waals surface area (Å²) < 4.78 is 0. The zero-order valence-electron chi connectivity index (χ0n) is 5.67. The molecule has 0 aromatic heterocycles. The average Bonchev–Trinajstić information content (AvgIpc) is 1.88. The van der Waals surface area contributed by atoms with Crippen molar-refractivity contribution >= 4 is 0 Å². The van der Waals surface area contributed by atoms with Crippen molar-refractivity contribution in [2.75, 3.05) is 0 Å². The molecule has 0 fully saturated rings. The van der Waals surface area contributed by atoms with E-state index in [0.717, 1.165) is 5.56 Å². The molecule has 0 amide bonds. The minimum Gasteiger partial charge on any atom is -0.513 e. The Morgan fingerprint density at radius 2 is 2.10 bits per heavy atom. The lowest BCUT2D eigenvalue weighted by Gasteiger charge is -1.96. The van der Waals surface area contributed by atoms with Gasteiger partial charge in [0.2, 0.25) is 0 Å². The molecule has 1 rings (SSSR count). The Morgan fingerprint density at radius 1 is 1.50 bits per heavy atom. The Labute approximate surface area is 60.6 Å². The Balaban J connectivity index is 2.67. The maximum atomic E-state index is 8.80. The van der Waals surface area contributed by atoms with Crippen LogP contribution in [0.1, 0.15) is 5.56 Å². The van der Waals surface area contributed by atoms with Crippen LogP contribution in [-0.2, 0) is 6.42 Å². The maximum Gasteiger partial charge on any atom is 0.0894 e. The van der Waals surface area contributed by atoms with Crippen LogP contribution in [-0.4, -0.2) is 5.11 Å². The van der Waals surface area contributed by atoms with Crippen molar-refractivity contribution in [2.24, 2.45) is 0 Å². The Bertz CT molecular complexity index is 213. The van der Waals surface area contributed by atoms with Gasteiger partial charge in [-0.2, -0.15) is 0 Å². The van der Waals surface area contributed by atoms with Crippen LogP contribution in [0.5, 0.6) is 0 Å². The molecule has 0 saturated heterocycles. The maximum absolute atomic E-state index is 8.80. The van der Waals surface area contributed by atoms with Crippen LogP contribution in [0.4, 0.5) is 0 Å². The van der Waals surface area contributed by atoms with Crippen LogP contribution < -0.4 is 0 Å². The van der Waals surface area contributed by atoms with Gasteiger partial charge in [0.05, 0.1) is 5.76 Å². The molecule has 10 heavy (non-hydrogen) atoms. The highest BCUT2D eigenvalue weighted by atomic mass is 16.3. The van der Waals surface area contributed by atoms with E-state index >= 15 is 0 Å². The van der Waals surface area contributed by atoms with Gasteiger partial charge in [0.25, 0.3) is 0 Å². The van der Waals surface area contributed by atoms with Gasteiger partial charge in [0.1, 0.15) is 0 Å². The SMILES string of the molecule is C=C(O)Cc1cc[c]cc1. The smallest absolute Gasteiger partial charge is 0.0894 e. The summed E-state index contributed by atoms with van der Waals surface area (Å²) in [5.74, 6) is 0.200. The molecule has 0 bridgehead atoms. The first-order chi connectivity index (χ1) is 4.79. The molecular formula is C9H9O. The molecule has 0 atom stereocenters. The Morgan fingerprint density at radius 3 is 2.60 bits per heavy atom. The molecule has 0 spiro atoms. The summed E-state index contributed by atoms with van der Waals surface area (Å²) in [4.78, 5) is 0. The third kappa shape index (κ3) is 1.94. The third-order valence-corrected chi connectivity index (χ3v) is 1.20. The van der Waals surface area contributed by atoms with Gasteiger partial charge in [-0.15, -0.1) is 0 Å². The van der Waals surface area contributed by atoms with Gasteiger partial charge < -0.3 is 5.11 Å². The van der Waals surface area contributed by atoms with Crippen molar-refractivity contribution in [3.8, 4) is 0 Å². The van der Waals surface area contributed by atoms with E-state index in [1.54, 1.807) is 0 Å². The van der Waals surface area contributed by atoms with Crippen LogP contribution in [0.15, 0.2) is 36.6 Å². The molecule has 1 heteroatoms. The van der Waals surface area contributed by atoms with E-state index in [0.29, 0.717) is 6.42 Å². The summed E-state index contributed by atoms with van der Waals surface area (Å²) >= 11 is 0. The predicted octanol–water partition coefficient (Wildman–Crippen LogP) is 2.10. The molecule has 1 radical (unpaired) electrons. The topological polar surface area (TPSA) is 20.2 Å². The molecule has 1 aromatic carbocycles. The van der Waals surface area contributed by atoms with Crippen LogP contribution in [0.25, 0.3) is 0 Å². The van der Waals surface area contributed by atoms with Crippen molar-refractivity contribution in [3.05, 3.63) is 48.2 Å². The number of aliphatic hydroxyl groups is 1. The van der Waals surface area contributed by atoms with Crippen molar-refractivity contribution in [3.63, 3.8) is 0 Å². The average molecular weight is 133 g/mol. The van der Waals surface area contributed by atoms with Crippen LogP contribution in [0.3, 0.4) is 0 Å². The van der Waals surface area contributed by atoms with Crippen molar-refractivity contribution in [1.29, 1.82) is 0 Å². The van der Waals surface area contributed by atoms with E-state index in [-0.39, 0.29) is 5.76 Å². The second kappa shape index (κ2) is 3.06. The fourth-order valence-electron chi connectivity index (χ4n) is 0.775. The van der Waals surface area contributed by atoms with Gasteiger partial charge in [0.15, 0.2) is 0 Å². The molecule has 1 nitrogen and oxygen atoms in total. The highest BCUT2D eigenvalue weighted by molar-refractivity contribution is 5.17. The van der Waals surface area contributed by atoms with E-state index in [1.165, 1.54) is 0 Å². The van der Waals surface area contributed by atoms with E-state index in [9.17, 15) is 0 Å². The van der Waals surface area contributed by atoms with E-state index in [4.69, 9.17) is 5.11 Å². The molecule has 1 N–H and O–H groups in total. The van der Waals surface area contributed by atoms with Gasteiger partial charge in [-0.1, -0.05) is 30.8 Å². The molecular weight excluding hydrogens is 124 g/mol. The minimum atomic E-state index is 0.200. The number of hydrogen-bond donors (Lipinski definition) is 1. The van der Waals surface area contributed by atoms with Gasteiger partial charge in [-0.25, -0.2) is 0 Å². The van der Waals surface area contributed by atoms with Crippen molar-refractivity contribution in [2.45, 2.75) is 6.42 Å². The summed E-state index contributed by atoms with van der Waals surface area (Å²) in [7, 11) is 0. The zero-order valence-corrected chi connectivity index (χ0v) is 5.67. The lowest BCUT2D eigenvalue weighted by molar-refractivity contribution is 0.401. The molecule has 1 aromatic rings. The van der Waals surface area contributed by atoms with Crippen molar-refractivity contribution < 1.29 is 5.11 Å². The summed E-state index contributed by atoms with van der Waals surface area (Å²) in [6.07, 6.45) is 0.536. The van der Waals surface area contributed by atoms with Gasteiger partial charge in [-0.3, -0.25) is 0 Å². The lowest BCUT2D eigenvalue weighted by Crippen LogP contribution is -1.85. The Hall–Kier alpha value is -1.24. The first-order valence-corrected chi connectivity index (χ1v) is 3.11. The minimum absolute atomic E-state index is 0.200. The summed E-state index contributed by atoms with van der Waals surface area (Å²) in [5, 5.41) is 8.80. The lowest BCUT2D eigenvalue weighted by atomic mass is 10.1.